The molecule has 2 aromatic carbocycles. The zero-order valence-corrected chi connectivity index (χ0v) is 14.1. The number of carbonyl (C=O) groups is 1. The van der Waals surface area contributed by atoms with Crippen LogP contribution in [0.1, 0.15) is 52.9 Å². The Kier molecular flexibility index (Phi) is 4.17. The van der Waals surface area contributed by atoms with Gasteiger partial charge < -0.3 is 5.11 Å². The Morgan fingerprint density at radius 2 is 1.72 bits per heavy atom. The van der Waals surface area contributed by atoms with Gasteiger partial charge in [-0.05, 0) is 59.4 Å². The number of hydrogen-bond acceptors (Lipinski definition) is 2. The first-order valence-corrected chi connectivity index (χ1v) is 8.01. The zero-order valence-electron chi connectivity index (χ0n) is 14.1. The Hall–Kier alpha value is -3.30. The van der Waals surface area contributed by atoms with Crippen molar-refractivity contribution in [3.63, 3.8) is 0 Å². The summed E-state index contributed by atoms with van der Waals surface area (Å²) in [5.41, 5.74) is 4.65. The van der Waals surface area contributed by atoms with Crippen LogP contribution in [0.2, 0.25) is 0 Å². The zero-order chi connectivity index (χ0) is 18.0. The number of aromatic carboxylic acids is 1. The molecule has 2 aromatic rings. The molecule has 3 heteroatoms. The van der Waals surface area contributed by atoms with Crippen molar-refractivity contribution in [2.45, 2.75) is 25.7 Å². The maximum atomic E-state index is 10.9. The van der Waals surface area contributed by atoms with Gasteiger partial charge in [0.1, 0.15) is 0 Å². The van der Waals surface area contributed by atoms with E-state index in [1.54, 1.807) is 12.1 Å². The molecule has 0 saturated heterocycles. The number of benzene rings is 2. The van der Waals surface area contributed by atoms with Crippen molar-refractivity contribution in [3.8, 4) is 17.9 Å². The minimum Gasteiger partial charge on any atom is -0.478 e. The highest BCUT2D eigenvalue weighted by atomic mass is 16.4. The summed E-state index contributed by atoms with van der Waals surface area (Å²) in [7, 11) is 0. The second-order valence-electron chi connectivity index (χ2n) is 6.71. The molecular weight excluding hydrogens is 310 g/mol. The van der Waals surface area contributed by atoms with E-state index in [9.17, 15) is 10.1 Å². The summed E-state index contributed by atoms with van der Waals surface area (Å²) in [6.45, 7) is 4.34. The number of carboxylic acid groups (broad SMARTS) is 1. The first kappa shape index (κ1) is 16.6. The molecule has 0 saturated carbocycles. The van der Waals surface area contributed by atoms with E-state index in [0.29, 0.717) is 5.57 Å². The van der Waals surface area contributed by atoms with Crippen LogP contribution in [0.3, 0.4) is 0 Å². The molecule has 0 bridgehead atoms. The fourth-order valence-electron chi connectivity index (χ4n) is 2.96. The fourth-order valence-corrected chi connectivity index (χ4v) is 2.96. The van der Waals surface area contributed by atoms with Gasteiger partial charge in [0.2, 0.25) is 0 Å². The molecule has 1 aliphatic rings. The normalized spacial score (nSPS) is 14.4. The summed E-state index contributed by atoms with van der Waals surface area (Å²) in [4.78, 5) is 10.9. The predicted octanol–water partition coefficient (Wildman–Crippen LogP) is 4.37. The number of nitriles is 1. The van der Waals surface area contributed by atoms with Crippen LogP contribution in [0.5, 0.6) is 0 Å². The van der Waals surface area contributed by atoms with E-state index in [2.05, 4.69) is 37.8 Å². The van der Waals surface area contributed by atoms with Crippen LogP contribution in [0.15, 0.2) is 48.5 Å². The third kappa shape index (κ3) is 3.32. The van der Waals surface area contributed by atoms with E-state index in [-0.39, 0.29) is 11.0 Å². The lowest BCUT2D eigenvalue weighted by Gasteiger charge is -2.30. The molecule has 122 valence electrons. The molecule has 3 nitrogen and oxygen atoms in total. The molecule has 25 heavy (non-hydrogen) atoms. The van der Waals surface area contributed by atoms with Gasteiger partial charge in [-0.15, -0.1) is 0 Å². The summed E-state index contributed by atoms with van der Waals surface area (Å²) in [5, 5.41) is 18.3. The second-order valence-corrected chi connectivity index (χ2v) is 6.71. The van der Waals surface area contributed by atoms with Gasteiger partial charge in [-0.1, -0.05) is 37.8 Å². The van der Waals surface area contributed by atoms with Crippen molar-refractivity contribution in [1.29, 1.82) is 5.26 Å². The maximum Gasteiger partial charge on any atom is 0.335 e. The minimum absolute atomic E-state index is 0.00824. The van der Waals surface area contributed by atoms with E-state index in [4.69, 9.17) is 5.11 Å². The molecule has 1 aliphatic carbocycles. The minimum atomic E-state index is -0.951. The average molecular weight is 327 g/mol. The first-order chi connectivity index (χ1) is 11.9. The summed E-state index contributed by atoms with van der Waals surface area (Å²) >= 11 is 0. The van der Waals surface area contributed by atoms with E-state index >= 15 is 0 Å². The van der Waals surface area contributed by atoms with Crippen LogP contribution in [-0.2, 0) is 5.41 Å². The predicted molar refractivity (Wildman–Crippen MR) is 97.1 cm³/mol. The lowest BCUT2D eigenvalue weighted by molar-refractivity contribution is 0.0697. The second kappa shape index (κ2) is 6.30. The Labute approximate surface area is 147 Å². The van der Waals surface area contributed by atoms with E-state index in [0.717, 1.165) is 23.1 Å². The van der Waals surface area contributed by atoms with Gasteiger partial charge in [0.05, 0.1) is 17.2 Å². The molecule has 0 radical (unpaired) electrons. The molecule has 3 rings (SSSR count). The van der Waals surface area contributed by atoms with Crippen molar-refractivity contribution in [2.75, 3.05) is 0 Å². The molecule has 0 amide bonds. The summed E-state index contributed by atoms with van der Waals surface area (Å²) in [6.07, 6.45) is 2.84. The average Bonchev–Trinajstić information content (AvgIpc) is 2.60. The number of hydrogen-bond donors (Lipinski definition) is 1. The third-order valence-electron chi connectivity index (χ3n) is 4.46. The highest BCUT2D eigenvalue weighted by molar-refractivity contribution is 5.87. The number of allylic oxidation sites excluding steroid dienone is 2. The van der Waals surface area contributed by atoms with Crippen molar-refractivity contribution in [1.82, 2.24) is 0 Å². The summed E-state index contributed by atoms with van der Waals surface area (Å²) < 4.78 is 0. The first-order valence-electron chi connectivity index (χ1n) is 8.01. The summed E-state index contributed by atoms with van der Waals surface area (Å²) in [5.74, 6) is 5.19. The number of nitrogens with zero attached hydrogens (tertiary/aromatic N) is 1. The van der Waals surface area contributed by atoms with Gasteiger partial charge >= 0.3 is 5.97 Å². The van der Waals surface area contributed by atoms with Gasteiger partial charge in [-0.25, -0.2) is 4.79 Å². The van der Waals surface area contributed by atoms with Crippen molar-refractivity contribution < 1.29 is 9.90 Å². The fraction of sp³-hybridized carbons (Fsp3) is 0.182. The Morgan fingerprint density at radius 1 is 1.08 bits per heavy atom. The quantitative estimate of drug-likeness (QED) is 0.791. The Morgan fingerprint density at radius 3 is 2.36 bits per heavy atom. The van der Waals surface area contributed by atoms with Crippen LogP contribution >= 0.6 is 0 Å². The number of rotatable bonds is 1. The van der Waals surface area contributed by atoms with Crippen LogP contribution in [0.25, 0.3) is 5.57 Å². The largest absolute Gasteiger partial charge is 0.478 e. The van der Waals surface area contributed by atoms with Crippen LogP contribution in [0, 0.1) is 23.2 Å². The Balaban J connectivity index is 1.95. The van der Waals surface area contributed by atoms with Crippen LogP contribution in [-0.4, -0.2) is 11.1 Å². The van der Waals surface area contributed by atoms with Crippen molar-refractivity contribution in [2.24, 2.45) is 0 Å². The smallest absolute Gasteiger partial charge is 0.335 e. The summed E-state index contributed by atoms with van der Waals surface area (Å²) in [6, 6.07) is 14.7. The van der Waals surface area contributed by atoms with Gasteiger partial charge in [0, 0.05) is 11.1 Å². The third-order valence-corrected chi connectivity index (χ3v) is 4.46. The van der Waals surface area contributed by atoms with Crippen molar-refractivity contribution >= 4 is 11.5 Å². The van der Waals surface area contributed by atoms with Gasteiger partial charge in [-0.2, -0.15) is 5.26 Å². The van der Waals surface area contributed by atoms with Gasteiger partial charge in [0.15, 0.2) is 0 Å². The SMILES string of the molecule is CC1(C)CC=C(C#N)c2cc(C#Cc3ccc(C(=O)O)cc3)ccc21. The molecule has 0 aromatic heterocycles. The topological polar surface area (TPSA) is 61.1 Å². The van der Waals surface area contributed by atoms with E-state index in [1.807, 2.05) is 18.2 Å². The molecule has 0 atom stereocenters. The maximum absolute atomic E-state index is 10.9. The van der Waals surface area contributed by atoms with E-state index < -0.39 is 5.97 Å². The number of carboxylic acids is 1. The number of fused-ring (bicyclic) bond motifs is 1. The Bertz CT molecular complexity index is 977. The highest BCUT2D eigenvalue weighted by Gasteiger charge is 2.27. The molecular formula is C22H17NO2. The highest BCUT2D eigenvalue weighted by Crippen LogP contribution is 2.38. The van der Waals surface area contributed by atoms with E-state index in [1.165, 1.54) is 17.7 Å². The monoisotopic (exact) mass is 327 g/mol. The molecule has 0 fully saturated rings. The van der Waals surface area contributed by atoms with Crippen LogP contribution in [0.4, 0.5) is 0 Å². The molecule has 0 spiro atoms. The van der Waals surface area contributed by atoms with Crippen LogP contribution < -0.4 is 0 Å². The molecule has 0 aliphatic heterocycles. The van der Waals surface area contributed by atoms with Gasteiger partial charge in [0.25, 0.3) is 0 Å². The molecule has 1 N–H and O–H groups in total. The van der Waals surface area contributed by atoms with Crippen molar-refractivity contribution in [3.05, 3.63) is 76.4 Å². The lowest BCUT2D eigenvalue weighted by atomic mass is 9.73. The van der Waals surface area contributed by atoms with Gasteiger partial charge in [-0.3, -0.25) is 0 Å². The standard InChI is InChI=1S/C22H17NO2/c1-22(2)12-11-18(14-23)19-13-16(7-10-20(19)22)4-3-15-5-8-17(9-6-15)21(24)25/h5-11,13H,12H2,1-2H3,(H,24,25). The molecule has 0 heterocycles. The lowest BCUT2D eigenvalue weighted by Crippen LogP contribution is -2.21. The molecule has 0 unspecified atom stereocenters.